The highest BCUT2D eigenvalue weighted by Crippen LogP contribution is 2.32. The molecule has 0 aliphatic heterocycles. The Balaban J connectivity index is 1.56. The fourth-order valence-corrected chi connectivity index (χ4v) is 4.91. The predicted octanol–water partition coefficient (Wildman–Crippen LogP) is 5.43. The molecule has 4 aromatic rings. The first-order valence-corrected chi connectivity index (χ1v) is 11.4. The van der Waals surface area contributed by atoms with Crippen molar-refractivity contribution >= 4 is 39.3 Å². The van der Waals surface area contributed by atoms with Gasteiger partial charge in [-0.1, -0.05) is 53.7 Å². The summed E-state index contributed by atoms with van der Waals surface area (Å²) in [5.41, 5.74) is 4.43. The van der Waals surface area contributed by atoms with Crippen molar-refractivity contribution in [2.45, 2.75) is 24.8 Å². The fourth-order valence-electron chi connectivity index (χ4n) is 3.10. The summed E-state index contributed by atoms with van der Waals surface area (Å²) < 4.78 is 5.05. The average molecular weight is 437 g/mol. The number of H-pyrrole nitrogens is 1. The second-order valence-electron chi connectivity index (χ2n) is 6.78. The highest BCUT2D eigenvalue weighted by Gasteiger charge is 2.14. The summed E-state index contributed by atoms with van der Waals surface area (Å²) in [5, 5.41) is 3.17. The normalized spacial score (nSPS) is 11.0. The first-order chi connectivity index (χ1) is 14.5. The van der Waals surface area contributed by atoms with Crippen LogP contribution in [0.4, 0.5) is 0 Å². The van der Waals surface area contributed by atoms with Crippen LogP contribution in [-0.4, -0.2) is 22.5 Å². The maximum Gasteiger partial charge on any atom is 0.338 e. The Kier molecular flexibility index (Phi) is 6.01. The molecule has 0 aliphatic rings. The topological polar surface area (TPSA) is 72.0 Å². The third-order valence-electron chi connectivity index (χ3n) is 4.60. The van der Waals surface area contributed by atoms with Crippen molar-refractivity contribution in [3.05, 3.63) is 81.0 Å². The van der Waals surface area contributed by atoms with Crippen LogP contribution in [0.5, 0.6) is 0 Å². The molecule has 0 saturated heterocycles. The van der Waals surface area contributed by atoms with Crippen molar-refractivity contribution < 1.29 is 9.53 Å². The number of nitrogens with one attached hydrogen (secondary N) is 1. The number of ether oxygens (including phenoxy) is 1. The number of nitrogens with zero attached hydrogens (tertiary/aromatic N) is 1. The molecule has 0 radical (unpaired) electrons. The third-order valence-corrected chi connectivity index (χ3v) is 6.42. The lowest BCUT2D eigenvalue weighted by Crippen LogP contribution is -2.08. The van der Waals surface area contributed by atoms with Gasteiger partial charge in [-0.05, 0) is 37.1 Å². The zero-order chi connectivity index (χ0) is 21.1. The molecule has 2 aromatic carbocycles. The van der Waals surface area contributed by atoms with Crippen molar-refractivity contribution in [2.75, 3.05) is 6.61 Å². The molecule has 0 aliphatic carbocycles. The molecule has 2 heterocycles. The molecule has 0 spiro atoms. The molecule has 152 valence electrons. The van der Waals surface area contributed by atoms with E-state index < -0.39 is 0 Å². The SMILES string of the molecule is CCOC(=O)c1cccc(CSc2nc3scc(-c4ccc(C)cc4)c3c(=O)[nH]2)c1. The lowest BCUT2D eigenvalue weighted by atomic mass is 10.1. The quantitative estimate of drug-likeness (QED) is 0.248. The van der Waals surface area contributed by atoms with E-state index in [2.05, 4.69) is 9.97 Å². The number of hydrogen-bond donors (Lipinski definition) is 1. The summed E-state index contributed by atoms with van der Waals surface area (Å²) in [4.78, 5) is 33.0. The predicted molar refractivity (Wildman–Crippen MR) is 122 cm³/mol. The Hall–Kier alpha value is -2.90. The van der Waals surface area contributed by atoms with E-state index in [9.17, 15) is 9.59 Å². The third kappa shape index (κ3) is 4.32. The maximum absolute atomic E-state index is 12.8. The standard InChI is InChI=1S/C23H20N2O3S2/c1-3-28-22(27)17-6-4-5-15(11-17)12-30-23-24-20(26)19-18(13-29-21(19)25-23)16-9-7-14(2)8-10-16/h4-11,13H,3,12H2,1-2H3,(H,24,25,26). The molecule has 0 unspecified atom stereocenters. The van der Waals surface area contributed by atoms with E-state index in [-0.39, 0.29) is 11.5 Å². The Labute approximate surface area is 182 Å². The summed E-state index contributed by atoms with van der Waals surface area (Å²) in [6.45, 7) is 4.16. The van der Waals surface area contributed by atoms with Gasteiger partial charge in [-0.25, -0.2) is 9.78 Å². The zero-order valence-corrected chi connectivity index (χ0v) is 18.2. The molecule has 0 saturated carbocycles. The van der Waals surface area contributed by atoms with Crippen LogP contribution >= 0.6 is 23.1 Å². The van der Waals surface area contributed by atoms with Crippen molar-refractivity contribution in [3.63, 3.8) is 0 Å². The highest BCUT2D eigenvalue weighted by molar-refractivity contribution is 7.98. The van der Waals surface area contributed by atoms with Gasteiger partial charge in [0.1, 0.15) is 4.83 Å². The van der Waals surface area contributed by atoms with Crippen LogP contribution in [0.2, 0.25) is 0 Å². The van der Waals surface area contributed by atoms with Crippen molar-refractivity contribution in [3.8, 4) is 11.1 Å². The minimum Gasteiger partial charge on any atom is -0.462 e. The van der Waals surface area contributed by atoms with E-state index in [1.807, 2.05) is 54.8 Å². The van der Waals surface area contributed by atoms with E-state index >= 15 is 0 Å². The van der Waals surface area contributed by atoms with Gasteiger partial charge in [-0.3, -0.25) is 4.79 Å². The van der Waals surface area contributed by atoms with Crippen LogP contribution in [0.25, 0.3) is 21.3 Å². The molecule has 4 rings (SSSR count). The second-order valence-corrected chi connectivity index (χ2v) is 8.60. The van der Waals surface area contributed by atoms with Crippen molar-refractivity contribution in [1.29, 1.82) is 0 Å². The Morgan fingerprint density at radius 3 is 2.77 bits per heavy atom. The fraction of sp³-hybridized carbons (Fsp3) is 0.174. The molecule has 7 heteroatoms. The number of fused-ring (bicyclic) bond motifs is 1. The molecular formula is C23H20N2O3S2. The molecule has 0 bridgehead atoms. The summed E-state index contributed by atoms with van der Waals surface area (Å²) >= 11 is 2.90. The lowest BCUT2D eigenvalue weighted by Gasteiger charge is -2.05. The molecule has 1 N–H and O–H groups in total. The van der Waals surface area contributed by atoms with Gasteiger partial charge in [0.25, 0.3) is 5.56 Å². The molecule has 0 fully saturated rings. The molecule has 0 amide bonds. The first-order valence-electron chi connectivity index (χ1n) is 9.52. The molecule has 5 nitrogen and oxygen atoms in total. The molecule has 2 aromatic heterocycles. The van der Waals surface area contributed by atoms with Crippen molar-refractivity contribution in [2.24, 2.45) is 0 Å². The second kappa shape index (κ2) is 8.85. The van der Waals surface area contributed by atoms with Gasteiger partial charge in [-0.2, -0.15) is 0 Å². The first kappa shape index (κ1) is 20.4. The van der Waals surface area contributed by atoms with Gasteiger partial charge in [0.15, 0.2) is 5.16 Å². The van der Waals surface area contributed by atoms with Crippen LogP contribution in [0, 0.1) is 6.92 Å². The minimum absolute atomic E-state index is 0.139. The van der Waals surface area contributed by atoms with Crippen LogP contribution in [0.15, 0.2) is 63.9 Å². The number of rotatable bonds is 6. The van der Waals surface area contributed by atoms with Gasteiger partial charge in [-0.15, -0.1) is 11.3 Å². The number of aromatic nitrogens is 2. The smallest absolute Gasteiger partial charge is 0.338 e. The number of esters is 1. The highest BCUT2D eigenvalue weighted by atomic mass is 32.2. The van der Waals surface area contributed by atoms with E-state index in [1.165, 1.54) is 28.7 Å². The Morgan fingerprint density at radius 2 is 2.00 bits per heavy atom. The number of thioether (sulfide) groups is 1. The number of carbonyl (C=O) groups is 1. The minimum atomic E-state index is -0.334. The van der Waals surface area contributed by atoms with E-state index in [0.717, 1.165) is 21.5 Å². The summed E-state index contributed by atoms with van der Waals surface area (Å²) in [7, 11) is 0. The molecule has 0 atom stereocenters. The molecular weight excluding hydrogens is 416 g/mol. The van der Waals surface area contributed by atoms with Crippen LogP contribution < -0.4 is 5.56 Å². The summed E-state index contributed by atoms with van der Waals surface area (Å²) in [6, 6.07) is 15.4. The van der Waals surface area contributed by atoms with Gasteiger partial charge < -0.3 is 9.72 Å². The maximum atomic E-state index is 12.8. The number of thiophene rings is 1. The van der Waals surface area contributed by atoms with Gasteiger partial charge >= 0.3 is 5.97 Å². The Bertz CT molecular complexity index is 1260. The zero-order valence-electron chi connectivity index (χ0n) is 16.6. The van der Waals surface area contributed by atoms with Crippen molar-refractivity contribution in [1.82, 2.24) is 9.97 Å². The average Bonchev–Trinajstić information content (AvgIpc) is 3.18. The monoisotopic (exact) mass is 436 g/mol. The number of carbonyl (C=O) groups excluding carboxylic acids is 1. The van der Waals surface area contributed by atoms with Crippen LogP contribution in [0.1, 0.15) is 28.4 Å². The van der Waals surface area contributed by atoms with E-state index in [0.29, 0.717) is 28.5 Å². The lowest BCUT2D eigenvalue weighted by molar-refractivity contribution is 0.0526. The number of benzene rings is 2. The van der Waals surface area contributed by atoms with Gasteiger partial charge in [0, 0.05) is 16.7 Å². The van der Waals surface area contributed by atoms with Gasteiger partial charge in [0.2, 0.25) is 0 Å². The number of aromatic amines is 1. The number of hydrogen-bond acceptors (Lipinski definition) is 6. The summed E-state index contributed by atoms with van der Waals surface area (Å²) in [6.07, 6.45) is 0. The molecule has 30 heavy (non-hydrogen) atoms. The van der Waals surface area contributed by atoms with E-state index in [1.54, 1.807) is 13.0 Å². The summed E-state index contributed by atoms with van der Waals surface area (Å²) in [5.74, 6) is 0.247. The van der Waals surface area contributed by atoms with Gasteiger partial charge in [0.05, 0.1) is 17.6 Å². The largest absolute Gasteiger partial charge is 0.462 e. The number of aryl methyl sites for hydroxylation is 1. The van der Waals surface area contributed by atoms with Crippen LogP contribution in [-0.2, 0) is 10.5 Å². The van der Waals surface area contributed by atoms with Crippen LogP contribution in [0.3, 0.4) is 0 Å². The van der Waals surface area contributed by atoms with E-state index in [4.69, 9.17) is 4.74 Å². The Morgan fingerprint density at radius 1 is 1.20 bits per heavy atom.